The minimum absolute atomic E-state index is 0.0781. The summed E-state index contributed by atoms with van der Waals surface area (Å²) >= 11 is 13.5. The van der Waals surface area contributed by atoms with Crippen LogP contribution in [0.15, 0.2) is 36.5 Å². The number of pyridine rings is 2. The number of rotatable bonds is 3. The lowest BCUT2D eigenvalue weighted by Gasteiger charge is -2.41. The number of hydrogen-bond acceptors (Lipinski definition) is 5. The van der Waals surface area contributed by atoms with E-state index >= 15 is 0 Å². The summed E-state index contributed by atoms with van der Waals surface area (Å²) in [5, 5.41) is 5.15. The average Bonchev–Trinajstić information content (AvgIpc) is 3.51. The van der Waals surface area contributed by atoms with Gasteiger partial charge in [-0.2, -0.15) is 0 Å². The number of nitrogens with one attached hydrogen (secondary N) is 1. The molecule has 0 bridgehead atoms. The lowest BCUT2D eigenvalue weighted by Crippen LogP contribution is -2.53. The molecule has 3 aliphatic rings. The zero-order chi connectivity index (χ0) is 21.9. The summed E-state index contributed by atoms with van der Waals surface area (Å²) in [6.07, 6.45) is 7.45. The number of nitrogens with zero attached hydrogens (tertiary/aromatic N) is 5. The summed E-state index contributed by atoms with van der Waals surface area (Å²) < 4.78 is 2.14. The second-order valence-corrected chi connectivity index (χ2v) is 10.3. The molecule has 2 atom stereocenters. The standard InChI is InChI=1S/C24H28Cl2N6/c1-30-13-14-31(15-24(30)10-11-24)20-9-3-8-19-29-22(23(26)32(19)20)18-7-2-6-17(28-18)21-16(25)5-4-12-27-21/h3-5,8-9,12,17-18,28H,2,6-7,10-11,13-15H2,1H3/t17-,18+/m0/s1. The number of hydrogen-bond donors (Lipinski definition) is 1. The van der Waals surface area contributed by atoms with Crippen LogP contribution < -0.4 is 10.2 Å². The highest BCUT2D eigenvalue weighted by Gasteiger charge is 2.49. The fourth-order valence-corrected chi connectivity index (χ4v) is 6.09. The molecule has 0 unspecified atom stereocenters. The van der Waals surface area contributed by atoms with E-state index in [0.29, 0.717) is 15.7 Å². The number of aromatic nitrogens is 3. The Kier molecular flexibility index (Phi) is 5.10. The fourth-order valence-electron chi connectivity index (χ4n) is 5.49. The molecular formula is C24H28Cl2N6. The first kappa shape index (κ1) is 20.7. The van der Waals surface area contributed by atoms with Gasteiger partial charge in [0.15, 0.2) is 0 Å². The smallest absolute Gasteiger partial charge is 0.139 e. The van der Waals surface area contributed by atoms with E-state index in [-0.39, 0.29) is 12.1 Å². The molecule has 5 heterocycles. The molecule has 3 aromatic rings. The first-order chi connectivity index (χ1) is 15.6. The first-order valence-electron chi connectivity index (χ1n) is 11.6. The molecule has 8 heteroatoms. The van der Waals surface area contributed by atoms with Crippen LogP contribution in [0.3, 0.4) is 0 Å². The van der Waals surface area contributed by atoms with Gasteiger partial charge in [-0.05, 0) is 63.4 Å². The maximum Gasteiger partial charge on any atom is 0.139 e. The molecule has 2 saturated heterocycles. The first-order valence-corrected chi connectivity index (χ1v) is 12.3. The SMILES string of the molecule is CN1CCN(c2cccc3nc([C@H]4CCC[C@@H](c5ncccc5Cl)N4)c(Cl)n23)CC12CC2. The van der Waals surface area contributed by atoms with Gasteiger partial charge >= 0.3 is 0 Å². The van der Waals surface area contributed by atoms with Crippen LogP contribution in [0.2, 0.25) is 10.2 Å². The van der Waals surface area contributed by atoms with Crippen LogP contribution in [0.25, 0.3) is 5.65 Å². The minimum atomic E-state index is 0.0781. The normalized spacial score (nSPS) is 25.5. The fraction of sp³-hybridized carbons (Fsp3) is 0.500. The van der Waals surface area contributed by atoms with Gasteiger partial charge in [0.2, 0.25) is 0 Å². The van der Waals surface area contributed by atoms with Gasteiger partial charge in [-0.25, -0.2) is 4.98 Å². The van der Waals surface area contributed by atoms with Crippen molar-refractivity contribution in [1.82, 2.24) is 24.6 Å². The van der Waals surface area contributed by atoms with Gasteiger partial charge in [0.1, 0.15) is 16.6 Å². The topological polar surface area (TPSA) is 48.7 Å². The highest BCUT2D eigenvalue weighted by atomic mass is 35.5. The molecular weight excluding hydrogens is 443 g/mol. The Bertz CT molecular complexity index is 1160. The van der Waals surface area contributed by atoms with Gasteiger partial charge in [0.05, 0.1) is 28.5 Å². The lowest BCUT2D eigenvalue weighted by molar-refractivity contribution is 0.198. The molecule has 3 aromatic heterocycles. The highest BCUT2D eigenvalue weighted by molar-refractivity contribution is 6.31. The van der Waals surface area contributed by atoms with Crippen LogP contribution in [-0.4, -0.2) is 51.5 Å². The van der Waals surface area contributed by atoms with E-state index in [1.807, 2.05) is 12.1 Å². The second-order valence-electron chi connectivity index (χ2n) is 9.51. The minimum Gasteiger partial charge on any atom is -0.355 e. The molecule has 6 rings (SSSR count). The molecule has 0 amide bonds. The third-order valence-electron chi connectivity index (χ3n) is 7.58. The number of anilines is 1. The molecule has 168 valence electrons. The van der Waals surface area contributed by atoms with Crippen LogP contribution in [0.1, 0.15) is 55.6 Å². The molecule has 0 aromatic carbocycles. The quantitative estimate of drug-likeness (QED) is 0.591. The van der Waals surface area contributed by atoms with E-state index in [1.165, 1.54) is 12.8 Å². The predicted molar refractivity (Wildman–Crippen MR) is 129 cm³/mol. The van der Waals surface area contributed by atoms with Crippen molar-refractivity contribution < 1.29 is 0 Å². The maximum absolute atomic E-state index is 7.04. The summed E-state index contributed by atoms with van der Waals surface area (Å²) in [7, 11) is 2.26. The molecule has 3 fully saturated rings. The zero-order valence-electron chi connectivity index (χ0n) is 18.3. The van der Waals surface area contributed by atoms with Crippen LogP contribution in [-0.2, 0) is 0 Å². The Morgan fingerprint density at radius 2 is 1.84 bits per heavy atom. The number of fused-ring (bicyclic) bond motifs is 1. The van der Waals surface area contributed by atoms with E-state index in [1.54, 1.807) is 6.20 Å². The molecule has 0 radical (unpaired) electrons. The highest BCUT2D eigenvalue weighted by Crippen LogP contribution is 2.44. The molecule has 1 spiro atoms. The third kappa shape index (κ3) is 3.39. The van der Waals surface area contributed by atoms with Crippen molar-refractivity contribution in [2.45, 2.75) is 49.7 Å². The Morgan fingerprint density at radius 1 is 1.03 bits per heavy atom. The summed E-state index contributed by atoms with van der Waals surface area (Å²) in [5.41, 5.74) is 3.08. The molecule has 1 aliphatic carbocycles. The largest absolute Gasteiger partial charge is 0.355 e. The predicted octanol–water partition coefficient (Wildman–Crippen LogP) is 4.88. The number of piperidine rings is 1. The second kappa shape index (κ2) is 7.87. The summed E-state index contributed by atoms with van der Waals surface area (Å²) in [6, 6.07) is 10.3. The molecule has 2 aliphatic heterocycles. The van der Waals surface area contributed by atoms with Crippen molar-refractivity contribution in [3.05, 3.63) is 58.1 Å². The van der Waals surface area contributed by atoms with Crippen LogP contribution in [0, 0.1) is 0 Å². The van der Waals surface area contributed by atoms with E-state index in [4.69, 9.17) is 28.2 Å². The Hall–Kier alpha value is -1.86. The third-order valence-corrected chi connectivity index (χ3v) is 8.26. The average molecular weight is 471 g/mol. The Balaban J connectivity index is 1.33. The van der Waals surface area contributed by atoms with E-state index in [2.05, 4.69) is 49.7 Å². The number of imidazole rings is 1. The number of piperazine rings is 1. The summed E-state index contributed by atoms with van der Waals surface area (Å²) in [5.74, 6) is 1.14. The van der Waals surface area contributed by atoms with Gasteiger partial charge in [-0.15, -0.1) is 0 Å². The maximum atomic E-state index is 7.04. The molecule has 1 N–H and O–H groups in total. The Labute approximate surface area is 198 Å². The van der Waals surface area contributed by atoms with Gasteiger partial charge in [0.25, 0.3) is 0 Å². The van der Waals surface area contributed by atoms with Crippen molar-refractivity contribution in [2.24, 2.45) is 0 Å². The van der Waals surface area contributed by atoms with Crippen LogP contribution in [0.5, 0.6) is 0 Å². The monoisotopic (exact) mass is 470 g/mol. The summed E-state index contributed by atoms with van der Waals surface area (Å²) in [4.78, 5) is 14.5. The molecule has 6 nitrogen and oxygen atoms in total. The molecule has 1 saturated carbocycles. The van der Waals surface area contributed by atoms with Crippen molar-refractivity contribution in [3.63, 3.8) is 0 Å². The number of halogens is 2. The summed E-state index contributed by atoms with van der Waals surface area (Å²) in [6.45, 7) is 3.13. The number of likely N-dealkylation sites (N-methyl/N-ethyl adjacent to an activating group) is 1. The van der Waals surface area contributed by atoms with Crippen LogP contribution in [0.4, 0.5) is 5.82 Å². The van der Waals surface area contributed by atoms with Gasteiger partial charge < -0.3 is 10.2 Å². The van der Waals surface area contributed by atoms with E-state index in [9.17, 15) is 0 Å². The van der Waals surface area contributed by atoms with Crippen molar-refractivity contribution in [1.29, 1.82) is 0 Å². The van der Waals surface area contributed by atoms with Crippen molar-refractivity contribution in [2.75, 3.05) is 31.6 Å². The van der Waals surface area contributed by atoms with E-state index < -0.39 is 0 Å². The van der Waals surface area contributed by atoms with Gasteiger partial charge in [0, 0.05) is 31.4 Å². The Morgan fingerprint density at radius 3 is 2.62 bits per heavy atom. The molecule has 32 heavy (non-hydrogen) atoms. The van der Waals surface area contributed by atoms with Gasteiger partial charge in [-0.3, -0.25) is 14.3 Å². The van der Waals surface area contributed by atoms with Crippen LogP contribution >= 0.6 is 23.2 Å². The zero-order valence-corrected chi connectivity index (χ0v) is 19.8. The van der Waals surface area contributed by atoms with Gasteiger partial charge in [-0.1, -0.05) is 29.3 Å². The van der Waals surface area contributed by atoms with E-state index in [0.717, 1.165) is 61.7 Å². The van der Waals surface area contributed by atoms with Crippen molar-refractivity contribution in [3.8, 4) is 0 Å². The lowest BCUT2D eigenvalue weighted by atomic mass is 9.94. The van der Waals surface area contributed by atoms with Crippen molar-refractivity contribution >= 4 is 34.7 Å².